The van der Waals surface area contributed by atoms with Crippen LogP contribution in [0.4, 0.5) is 0 Å². The highest BCUT2D eigenvalue weighted by atomic mass is 16.5. The molecule has 1 unspecified atom stereocenters. The average Bonchev–Trinajstić information content (AvgIpc) is 2.76. The Morgan fingerprint density at radius 1 is 1.12 bits per heavy atom. The third-order valence-corrected chi connectivity index (χ3v) is 5.27. The summed E-state index contributed by atoms with van der Waals surface area (Å²) in [6.45, 7) is 3.54. The number of carboxylic acids is 1. The van der Waals surface area contributed by atoms with Crippen LogP contribution in [0.3, 0.4) is 0 Å². The predicted molar refractivity (Wildman–Crippen MR) is 118 cm³/mol. The average molecular weight is 439 g/mol. The second kappa shape index (κ2) is 10.1. The molecule has 168 valence electrons. The van der Waals surface area contributed by atoms with Crippen molar-refractivity contribution in [3.05, 3.63) is 75.1 Å². The Morgan fingerprint density at radius 3 is 2.50 bits per heavy atom. The number of carbonyl (C=O) groups excluding carboxylic acids is 1. The number of hydrogen-bond acceptors (Lipinski definition) is 7. The Labute approximate surface area is 184 Å². The number of esters is 1. The van der Waals surface area contributed by atoms with Crippen molar-refractivity contribution < 1.29 is 29.0 Å². The van der Waals surface area contributed by atoms with Crippen LogP contribution in [0.2, 0.25) is 0 Å². The summed E-state index contributed by atoms with van der Waals surface area (Å²) in [4.78, 5) is 36.2. The molecule has 1 atom stereocenters. The first-order chi connectivity index (χ1) is 15.3. The topological polar surface area (TPSA) is 126 Å². The van der Waals surface area contributed by atoms with Gasteiger partial charge in [0.25, 0.3) is 0 Å². The van der Waals surface area contributed by atoms with E-state index in [1.165, 1.54) is 6.07 Å². The third kappa shape index (κ3) is 5.15. The monoisotopic (exact) mass is 439 g/mol. The zero-order valence-corrected chi connectivity index (χ0v) is 17.9. The van der Waals surface area contributed by atoms with Crippen molar-refractivity contribution >= 4 is 22.9 Å². The van der Waals surface area contributed by atoms with Gasteiger partial charge in [0.1, 0.15) is 17.4 Å². The highest BCUT2D eigenvalue weighted by Gasteiger charge is 2.22. The lowest BCUT2D eigenvalue weighted by molar-refractivity contribution is -0.142. The molecule has 8 nitrogen and oxygen atoms in total. The Morgan fingerprint density at radius 2 is 1.84 bits per heavy atom. The standard InChI is InChI=1S/C24H25NO7/c1-3-31-21(27)12-17-14(2)16-9-10-20(26)18(22(16)32-24(17)30)13-25-19(23(28)29)11-15-7-5-4-6-8-15/h4-10,19,25-26H,3,11-13H2,1-2H3,(H,28,29). The van der Waals surface area contributed by atoms with Gasteiger partial charge in [0, 0.05) is 11.9 Å². The molecule has 0 aliphatic carbocycles. The SMILES string of the molecule is CCOC(=O)Cc1c(C)c2ccc(O)c(CNC(Cc3ccccc3)C(=O)O)c2oc1=O. The van der Waals surface area contributed by atoms with Gasteiger partial charge in [-0.05, 0) is 43.5 Å². The quantitative estimate of drug-likeness (QED) is 0.343. The van der Waals surface area contributed by atoms with E-state index in [0.29, 0.717) is 10.9 Å². The van der Waals surface area contributed by atoms with Gasteiger partial charge in [-0.3, -0.25) is 14.9 Å². The van der Waals surface area contributed by atoms with Gasteiger partial charge in [0.05, 0.1) is 24.2 Å². The lowest BCUT2D eigenvalue weighted by Crippen LogP contribution is -2.38. The summed E-state index contributed by atoms with van der Waals surface area (Å²) < 4.78 is 10.4. The van der Waals surface area contributed by atoms with Gasteiger partial charge >= 0.3 is 17.6 Å². The van der Waals surface area contributed by atoms with Crippen molar-refractivity contribution in [2.45, 2.75) is 39.3 Å². The van der Waals surface area contributed by atoms with E-state index in [9.17, 15) is 24.6 Å². The molecule has 32 heavy (non-hydrogen) atoms. The van der Waals surface area contributed by atoms with Gasteiger partial charge in [0.2, 0.25) is 0 Å². The Hall–Kier alpha value is -3.65. The summed E-state index contributed by atoms with van der Waals surface area (Å²) >= 11 is 0. The number of aromatic hydroxyl groups is 1. The largest absolute Gasteiger partial charge is 0.507 e. The number of ether oxygens (including phenoxy) is 1. The van der Waals surface area contributed by atoms with E-state index in [0.717, 1.165) is 5.56 Å². The summed E-state index contributed by atoms with van der Waals surface area (Å²) in [5, 5.41) is 23.5. The van der Waals surface area contributed by atoms with Crippen molar-refractivity contribution in [1.29, 1.82) is 0 Å². The molecule has 2 aromatic carbocycles. The van der Waals surface area contributed by atoms with Gasteiger partial charge in [-0.1, -0.05) is 30.3 Å². The molecular weight excluding hydrogens is 414 g/mol. The van der Waals surface area contributed by atoms with Crippen molar-refractivity contribution in [3.63, 3.8) is 0 Å². The van der Waals surface area contributed by atoms with Gasteiger partial charge in [-0.25, -0.2) is 4.79 Å². The Kier molecular flexibility index (Phi) is 7.27. The normalized spacial score (nSPS) is 11.9. The van der Waals surface area contributed by atoms with Crippen LogP contribution in [0.25, 0.3) is 11.0 Å². The molecule has 1 heterocycles. The molecule has 0 aliphatic heterocycles. The fraction of sp³-hybridized carbons (Fsp3) is 0.292. The molecule has 0 bridgehead atoms. The molecule has 3 rings (SSSR count). The molecule has 8 heteroatoms. The minimum absolute atomic E-state index is 0.0351. The number of hydrogen-bond donors (Lipinski definition) is 3. The van der Waals surface area contributed by atoms with Gasteiger partial charge < -0.3 is 19.4 Å². The number of phenolic OH excluding ortho intramolecular Hbond substituents is 1. The van der Waals surface area contributed by atoms with Gasteiger partial charge in [-0.2, -0.15) is 0 Å². The number of carbonyl (C=O) groups is 2. The summed E-state index contributed by atoms with van der Waals surface area (Å²) in [5.74, 6) is -1.70. The van der Waals surface area contributed by atoms with E-state index in [4.69, 9.17) is 9.15 Å². The molecule has 0 aliphatic rings. The zero-order chi connectivity index (χ0) is 23.3. The van der Waals surface area contributed by atoms with Crippen molar-refractivity contribution in [1.82, 2.24) is 5.32 Å². The molecule has 0 saturated carbocycles. The summed E-state index contributed by atoms with van der Waals surface area (Å²) in [6, 6.07) is 11.3. The van der Waals surface area contributed by atoms with E-state index in [1.54, 1.807) is 19.9 Å². The van der Waals surface area contributed by atoms with Gasteiger partial charge in [-0.15, -0.1) is 0 Å². The lowest BCUT2D eigenvalue weighted by atomic mass is 10.0. The second-order valence-electron chi connectivity index (χ2n) is 7.38. The molecule has 0 amide bonds. The minimum atomic E-state index is -1.04. The first-order valence-corrected chi connectivity index (χ1v) is 10.2. The summed E-state index contributed by atoms with van der Waals surface area (Å²) in [5.41, 5.74) is 1.30. The predicted octanol–water partition coefficient (Wildman–Crippen LogP) is 2.70. The van der Waals surface area contributed by atoms with E-state index in [1.807, 2.05) is 30.3 Å². The fourth-order valence-corrected chi connectivity index (χ4v) is 3.55. The van der Waals surface area contributed by atoms with Crippen LogP contribution in [0, 0.1) is 6.92 Å². The molecule has 0 spiro atoms. The molecule has 3 N–H and O–H groups in total. The number of nitrogens with one attached hydrogen (secondary N) is 1. The first kappa shape index (κ1) is 23.0. The number of aryl methyl sites for hydroxylation is 1. The van der Waals surface area contributed by atoms with Crippen LogP contribution in [-0.2, 0) is 33.7 Å². The van der Waals surface area contributed by atoms with Crippen LogP contribution in [-0.4, -0.2) is 34.8 Å². The molecule has 1 aromatic heterocycles. The summed E-state index contributed by atoms with van der Waals surface area (Å²) in [6.07, 6.45) is 0.0267. The van der Waals surface area contributed by atoms with E-state index >= 15 is 0 Å². The van der Waals surface area contributed by atoms with Crippen molar-refractivity contribution in [3.8, 4) is 5.75 Å². The number of carboxylic acid groups (broad SMARTS) is 1. The highest BCUT2D eigenvalue weighted by Crippen LogP contribution is 2.29. The minimum Gasteiger partial charge on any atom is -0.507 e. The Balaban J connectivity index is 1.92. The first-order valence-electron chi connectivity index (χ1n) is 10.2. The number of fused-ring (bicyclic) bond motifs is 1. The fourth-order valence-electron chi connectivity index (χ4n) is 3.55. The molecule has 3 aromatic rings. The number of rotatable bonds is 9. The maximum Gasteiger partial charge on any atom is 0.340 e. The second-order valence-corrected chi connectivity index (χ2v) is 7.38. The Bertz CT molecular complexity index is 1180. The molecular formula is C24H25NO7. The van der Waals surface area contributed by atoms with E-state index < -0.39 is 23.6 Å². The highest BCUT2D eigenvalue weighted by molar-refractivity contribution is 5.87. The third-order valence-electron chi connectivity index (χ3n) is 5.27. The summed E-state index contributed by atoms with van der Waals surface area (Å²) in [7, 11) is 0. The van der Waals surface area contributed by atoms with Crippen molar-refractivity contribution in [2.24, 2.45) is 0 Å². The number of phenols is 1. The van der Waals surface area contributed by atoms with Crippen LogP contribution >= 0.6 is 0 Å². The van der Waals surface area contributed by atoms with E-state index in [2.05, 4.69) is 5.32 Å². The molecule has 0 fully saturated rings. The van der Waals surface area contributed by atoms with Crippen molar-refractivity contribution in [2.75, 3.05) is 6.61 Å². The maximum atomic E-state index is 12.6. The lowest BCUT2D eigenvalue weighted by Gasteiger charge is -2.17. The number of aliphatic carboxylic acids is 1. The van der Waals surface area contributed by atoms with Crippen LogP contribution < -0.4 is 10.9 Å². The van der Waals surface area contributed by atoms with E-state index in [-0.39, 0.29) is 48.5 Å². The van der Waals surface area contributed by atoms with Crippen LogP contribution in [0.1, 0.15) is 29.2 Å². The maximum absolute atomic E-state index is 12.6. The molecule has 0 radical (unpaired) electrons. The van der Waals surface area contributed by atoms with Crippen LogP contribution in [0.15, 0.2) is 51.7 Å². The smallest absolute Gasteiger partial charge is 0.340 e. The molecule has 0 saturated heterocycles. The van der Waals surface area contributed by atoms with Crippen LogP contribution in [0.5, 0.6) is 5.75 Å². The number of benzene rings is 2. The van der Waals surface area contributed by atoms with Gasteiger partial charge in [0.15, 0.2) is 0 Å². The zero-order valence-electron chi connectivity index (χ0n) is 17.9.